The fourth-order valence-electron chi connectivity index (χ4n) is 7.36. The number of hydrogen-bond donors (Lipinski definition) is 0. The van der Waals surface area contributed by atoms with Gasteiger partial charge in [-0.05, 0) is 59.5 Å². The maximum atomic E-state index is 13.4. The fraction of sp³-hybridized carbons (Fsp3) is 0.708. The van der Waals surface area contributed by atoms with Gasteiger partial charge >= 0.3 is 11.9 Å². The number of esters is 2. The Bertz CT molecular complexity index is 886. The summed E-state index contributed by atoms with van der Waals surface area (Å²) >= 11 is 0. The Morgan fingerprint density at radius 2 is 1.83 bits per heavy atom. The van der Waals surface area contributed by atoms with E-state index in [1.54, 1.807) is 0 Å². The molecule has 0 amide bonds. The van der Waals surface area contributed by atoms with Crippen molar-refractivity contribution < 1.29 is 28.3 Å². The van der Waals surface area contributed by atoms with Gasteiger partial charge in [-0.25, -0.2) is 0 Å². The third kappa shape index (κ3) is 2.94. The number of fused-ring (bicyclic) bond motifs is 5. The second-order valence-corrected chi connectivity index (χ2v) is 10.3. The lowest BCUT2D eigenvalue weighted by atomic mass is 9.40. The third-order valence-electron chi connectivity index (χ3n) is 8.49. The molecule has 2 unspecified atom stereocenters. The van der Waals surface area contributed by atoms with E-state index >= 15 is 0 Å². The third-order valence-corrected chi connectivity index (χ3v) is 8.49. The first kappa shape index (κ1) is 21.1. The van der Waals surface area contributed by atoms with Crippen molar-refractivity contribution in [3.8, 4) is 0 Å². The van der Waals surface area contributed by atoms with Gasteiger partial charge in [-0.1, -0.05) is 20.8 Å². The highest BCUT2D eigenvalue weighted by Crippen LogP contribution is 2.66. The molecule has 2 saturated carbocycles. The monoisotopic (exact) mass is 416 g/mol. The van der Waals surface area contributed by atoms with Crippen molar-refractivity contribution in [1.29, 1.82) is 0 Å². The Morgan fingerprint density at radius 3 is 2.50 bits per heavy atom. The zero-order valence-corrected chi connectivity index (χ0v) is 18.6. The second kappa shape index (κ2) is 6.96. The minimum atomic E-state index is -0.884. The van der Waals surface area contributed by atoms with Crippen molar-refractivity contribution in [2.45, 2.75) is 78.2 Å². The topological polar surface area (TPSA) is 82.8 Å². The predicted molar refractivity (Wildman–Crippen MR) is 109 cm³/mol. The summed E-state index contributed by atoms with van der Waals surface area (Å²) in [5.74, 6) is -0.544. The highest BCUT2D eigenvalue weighted by atomic mass is 16.6. The molecule has 0 radical (unpaired) electrons. The van der Waals surface area contributed by atoms with Crippen molar-refractivity contribution in [3.05, 3.63) is 23.7 Å². The van der Waals surface area contributed by atoms with Crippen LogP contribution in [0, 0.1) is 22.7 Å². The van der Waals surface area contributed by atoms with Crippen LogP contribution >= 0.6 is 0 Å². The summed E-state index contributed by atoms with van der Waals surface area (Å²) in [6, 6.07) is 0. The first-order chi connectivity index (χ1) is 14.0. The molecule has 0 aromatic carbocycles. The van der Waals surface area contributed by atoms with Crippen LogP contribution in [0.1, 0.15) is 71.4 Å². The number of Topliss-reactive ketones (excluding diaryl/α,β-unsaturated/α-hetero) is 1. The van der Waals surface area contributed by atoms with Gasteiger partial charge in [-0.2, -0.15) is 0 Å². The fourth-order valence-corrected chi connectivity index (χ4v) is 7.36. The lowest BCUT2D eigenvalue weighted by Gasteiger charge is -2.64. The summed E-state index contributed by atoms with van der Waals surface area (Å²) < 4.78 is 16.6. The predicted octanol–water partition coefficient (Wildman–Crippen LogP) is 3.99. The highest BCUT2D eigenvalue weighted by Gasteiger charge is 2.66. The van der Waals surface area contributed by atoms with E-state index in [0.29, 0.717) is 12.3 Å². The van der Waals surface area contributed by atoms with E-state index in [9.17, 15) is 14.4 Å². The van der Waals surface area contributed by atoms with E-state index in [2.05, 4.69) is 13.8 Å². The molecule has 1 aromatic heterocycles. The Morgan fingerprint density at radius 1 is 1.10 bits per heavy atom. The van der Waals surface area contributed by atoms with Crippen molar-refractivity contribution in [1.82, 2.24) is 0 Å². The van der Waals surface area contributed by atoms with Crippen LogP contribution < -0.4 is 0 Å². The molecule has 0 bridgehead atoms. The van der Waals surface area contributed by atoms with Gasteiger partial charge in [0, 0.05) is 25.7 Å². The number of hydrogen-bond acceptors (Lipinski definition) is 6. The van der Waals surface area contributed by atoms with E-state index in [4.69, 9.17) is 13.9 Å². The molecule has 0 spiro atoms. The molecule has 0 N–H and O–H groups in total. The van der Waals surface area contributed by atoms with Gasteiger partial charge in [0.05, 0.1) is 12.5 Å². The van der Waals surface area contributed by atoms with Crippen LogP contribution in [0.2, 0.25) is 0 Å². The van der Waals surface area contributed by atoms with E-state index in [-0.39, 0.29) is 35.1 Å². The Hall–Kier alpha value is -2.11. The van der Waals surface area contributed by atoms with Gasteiger partial charge in [0.25, 0.3) is 0 Å². The SMILES string of the molecule is CC(=O)OC[C@]1(C)C2CC[C@@]3(C)c4cocc4CCC3[C@@]2(C)CC(=O)[C@@H]1OC(C)=O. The van der Waals surface area contributed by atoms with E-state index in [0.717, 1.165) is 25.7 Å². The maximum Gasteiger partial charge on any atom is 0.303 e. The van der Waals surface area contributed by atoms with Gasteiger partial charge in [0.15, 0.2) is 11.9 Å². The molecule has 3 aliphatic rings. The van der Waals surface area contributed by atoms with Crippen LogP contribution in [0.15, 0.2) is 16.9 Å². The summed E-state index contributed by atoms with van der Waals surface area (Å²) in [4.78, 5) is 36.8. The molecule has 164 valence electrons. The van der Waals surface area contributed by atoms with Gasteiger partial charge in [-0.15, -0.1) is 0 Å². The van der Waals surface area contributed by atoms with Crippen LogP contribution in [0.5, 0.6) is 0 Å². The molecule has 1 aromatic rings. The van der Waals surface area contributed by atoms with Gasteiger partial charge < -0.3 is 13.9 Å². The first-order valence-corrected chi connectivity index (χ1v) is 10.9. The highest BCUT2D eigenvalue weighted by molar-refractivity contribution is 5.88. The molecule has 30 heavy (non-hydrogen) atoms. The number of ether oxygens (including phenoxy) is 2. The zero-order valence-electron chi connectivity index (χ0n) is 18.6. The zero-order chi connectivity index (χ0) is 21.9. The number of carbonyl (C=O) groups is 3. The normalized spacial score (nSPS) is 40.0. The summed E-state index contributed by atoms with van der Waals surface area (Å²) in [5.41, 5.74) is 1.47. The second-order valence-electron chi connectivity index (χ2n) is 10.3. The average molecular weight is 417 g/mol. The van der Waals surface area contributed by atoms with Gasteiger partial charge in [0.1, 0.15) is 6.61 Å². The first-order valence-electron chi connectivity index (χ1n) is 10.9. The Balaban J connectivity index is 1.77. The minimum absolute atomic E-state index is 0.0529. The maximum absolute atomic E-state index is 13.4. The lowest BCUT2D eigenvalue weighted by Crippen LogP contribution is -2.65. The molecule has 2 fully saturated rings. The van der Waals surface area contributed by atoms with Crippen molar-refractivity contribution in [2.75, 3.05) is 6.61 Å². The molecule has 1 heterocycles. The van der Waals surface area contributed by atoms with Crippen molar-refractivity contribution in [3.63, 3.8) is 0 Å². The summed E-state index contributed by atoms with van der Waals surface area (Å²) in [5, 5.41) is 0. The molecule has 4 rings (SSSR count). The van der Waals surface area contributed by atoms with Crippen molar-refractivity contribution >= 4 is 17.7 Å². The molecule has 6 atom stereocenters. The average Bonchev–Trinajstić information content (AvgIpc) is 3.13. The largest absolute Gasteiger partial charge is 0.472 e. The number of aryl methyl sites for hydroxylation is 1. The summed E-state index contributed by atoms with van der Waals surface area (Å²) in [6.45, 7) is 9.25. The summed E-state index contributed by atoms with van der Waals surface area (Å²) in [6.07, 6.45) is 7.00. The smallest absolute Gasteiger partial charge is 0.303 e. The molecule has 6 nitrogen and oxygen atoms in total. The standard InChI is InChI=1S/C24H32O6/c1-14(25)29-13-24(5)20-8-9-22(3)17-12-28-11-16(17)6-7-19(22)23(20,4)10-18(27)21(24)30-15(2)26/h11-12,19-21H,6-10,13H2,1-5H3/t19?,20?,21-,22-,23+,24+/m0/s1. The lowest BCUT2D eigenvalue weighted by molar-refractivity contribution is -0.203. The van der Waals surface area contributed by atoms with Crippen LogP contribution in [-0.4, -0.2) is 30.4 Å². The molecular weight excluding hydrogens is 384 g/mol. The van der Waals surface area contributed by atoms with E-state index < -0.39 is 17.5 Å². The van der Waals surface area contributed by atoms with Gasteiger partial charge in [-0.3, -0.25) is 14.4 Å². The summed E-state index contributed by atoms with van der Waals surface area (Å²) in [7, 11) is 0. The quantitative estimate of drug-likeness (QED) is 0.693. The van der Waals surface area contributed by atoms with Gasteiger partial charge in [0.2, 0.25) is 0 Å². The van der Waals surface area contributed by atoms with Crippen LogP contribution in [0.4, 0.5) is 0 Å². The Kier molecular flexibility index (Phi) is 4.90. The molecule has 6 heteroatoms. The van der Waals surface area contributed by atoms with Crippen LogP contribution in [-0.2, 0) is 35.7 Å². The number of carbonyl (C=O) groups excluding carboxylic acids is 3. The minimum Gasteiger partial charge on any atom is -0.472 e. The molecule has 0 aliphatic heterocycles. The van der Waals surface area contributed by atoms with E-state index in [1.165, 1.54) is 25.0 Å². The Labute approximate surface area is 177 Å². The molecular formula is C24H32O6. The van der Waals surface area contributed by atoms with Crippen LogP contribution in [0.3, 0.4) is 0 Å². The molecule has 0 saturated heterocycles. The number of rotatable bonds is 3. The van der Waals surface area contributed by atoms with Crippen LogP contribution in [0.25, 0.3) is 0 Å². The molecule has 3 aliphatic carbocycles. The number of ketones is 1. The number of furan rings is 1. The van der Waals surface area contributed by atoms with E-state index in [1.807, 2.05) is 19.5 Å². The van der Waals surface area contributed by atoms with Crippen molar-refractivity contribution in [2.24, 2.45) is 22.7 Å².